The highest BCUT2D eigenvalue weighted by Gasteiger charge is 2.09. The number of pyridine rings is 1. The topological polar surface area (TPSA) is 54.0 Å². The number of amides is 2. The Labute approximate surface area is 123 Å². The summed E-state index contributed by atoms with van der Waals surface area (Å²) in [7, 11) is 0. The molecule has 0 aliphatic heterocycles. The summed E-state index contributed by atoms with van der Waals surface area (Å²) in [6, 6.07) is 11.6. The third-order valence-corrected chi connectivity index (χ3v) is 3.12. The van der Waals surface area contributed by atoms with E-state index >= 15 is 0 Å². The van der Waals surface area contributed by atoms with Gasteiger partial charge in [0.15, 0.2) is 0 Å². The summed E-state index contributed by atoms with van der Waals surface area (Å²) in [4.78, 5) is 15.9. The van der Waals surface area contributed by atoms with Crippen LogP contribution < -0.4 is 10.6 Å². The van der Waals surface area contributed by atoms with Gasteiger partial charge in [-0.1, -0.05) is 24.3 Å². The second kappa shape index (κ2) is 7.38. The lowest BCUT2D eigenvalue weighted by molar-refractivity contribution is 0.238. The van der Waals surface area contributed by atoms with Crippen molar-refractivity contribution in [3.8, 4) is 0 Å². The maximum atomic E-state index is 13.4. The van der Waals surface area contributed by atoms with Gasteiger partial charge in [0.25, 0.3) is 0 Å². The summed E-state index contributed by atoms with van der Waals surface area (Å²) in [6.07, 6.45) is 2.14. The van der Waals surface area contributed by atoms with Crippen molar-refractivity contribution in [3.63, 3.8) is 0 Å². The first-order valence-corrected chi connectivity index (χ1v) is 6.85. The molecule has 0 aliphatic rings. The van der Waals surface area contributed by atoms with E-state index in [1.54, 1.807) is 24.4 Å². The molecular weight excluding hydrogens is 269 g/mol. The van der Waals surface area contributed by atoms with Crippen molar-refractivity contribution in [2.75, 3.05) is 6.54 Å². The summed E-state index contributed by atoms with van der Waals surface area (Å²) in [6.45, 7) is 2.24. The van der Waals surface area contributed by atoms with Crippen LogP contribution in [0.1, 0.15) is 24.2 Å². The van der Waals surface area contributed by atoms with Crippen LogP contribution in [0.3, 0.4) is 0 Å². The van der Waals surface area contributed by atoms with Gasteiger partial charge in [0.2, 0.25) is 0 Å². The summed E-state index contributed by atoms with van der Waals surface area (Å²) < 4.78 is 13.4. The van der Waals surface area contributed by atoms with E-state index in [9.17, 15) is 9.18 Å². The Kier molecular flexibility index (Phi) is 5.26. The number of nitrogens with one attached hydrogen (secondary N) is 2. The van der Waals surface area contributed by atoms with Crippen LogP contribution in [0.25, 0.3) is 0 Å². The number of aromatic nitrogens is 1. The van der Waals surface area contributed by atoms with Crippen molar-refractivity contribution in [1.29, 1.82) is 0 Å². The normalized spacial score (nSPS) is 11.7. The molecule has 1 heterocycles. The molecule has 0 saturated heterocycles. The van der Waals surface area contributed by atoms with Gasteiger partial charge in [-0.2, -0.15) is 0 Å². The zero-order valence-corrected chi connectivity index (χ0v) is 11.8. The molecule has 0 bridgehead atoms. The largest absolute Gasteiger partial charge is 0.338 e. The highest BCUT2D eigenvalue weighted by atomic mass is 19.1. The number of carbonyl (C=O) groups is 1. The van der Waals surface area contributed by atoms with Gasteiger partial charge in [0, 0.05) is 12.7 Å². The lowest BCUT2D eigenvalue weighted by Gasteiger charge is -2.14. The molecule has 1 aromatic carbocycles. The fourth-order valence-electron chi connectivity index (χ4n) is 1.97. The molecular formula is C16H18FN3O. The van der Waals surface area contributed by atoms with Crippen molar-refractivity contribution < 1.29 is 9.18 Å². The maximum absolute atomic E-state index is 13.4. The molecule has 0 spiro atoms. The van der Waals surface area contributed by atoms with Crippen molar-refractivity contribution in [2.24, 2.45) is 0 Å². The number of hydrogen-bond acceptors (Lipinski definition) is 2. The Bertz CT molecular complexity index is 589. The molecule has 4 nitrogen and oxygen atoms in total. The first-order valence-electron chi connectivity index (χ1n) is 6.85. The molecule has 2 rings (SSSR count). The first kappa shape index (κ1) is 15.0. The summed E-state index contributed by atoms with van der Waals surface area (Å²) in [5, 5.41) is 5.51. The van der Waals surface area contributed by atoms with Crippen LogP contribution in [0.15, 0.2) is 48.7 Å². The number of hydrogen-bond donors (Lipinski definition) is 2. The molecule has 5 heteroatoms. The Balaban J connectivity index is 1.76. The number of rotatable bonds is 5. The van der Waals surface area contributed by atoms with E-state index in [1.165, 1.54) is 6.07 Å². The molecule has 2 aromatic rings. The van der Waals surface area contributed by atoms with Crippen LogP contribution in [-0.4, -0.2) is 17.6 Å². The minimum Gasteiger partial charge on any atom is -0.338 e. The van der Waals surface area contributed by atoms with Crippen LogP contribution in [0.2, 0.25) is 0 Å². The molecule has 21 heavy (non-hydrogen) atoms. The molecule has 0 saturated carbocycles. The van der Waals surface area contributed by atoms with Gasteiger partial charge in [-0.3, -0.25) is 4.98 Å². The van der Waals surface area contributed by atoms with Crippen molar-refractivity contribution >= 4 is 6.03 Å². The standard InChI is InChI=1S/C16H18FN3O/c1-12(15-8-4-5-10-18-15)20-16(21)19-11-9-13-6-2-3-7-14(13)17/h2-8,10,12H,9,11H2,1H3,(H2,19,20,21)/t12-/m0/s1. The van der Waals surface area contributed by atoms with Crippen molar-refractivity contribution in [3.05, 3.63) is 65.7 Å². The van der Waals surface area contributed by atoms with Gasteiger partial charge in [-0.05, 0) is 37.1 Å². The fraction of sp³-hybridized carbons (Fsp3) is 0.250. The molecule has 2 N–H and O–H groups in total. The average molecular weight is 287 g/mol. The third-order valence-electron chi connectivity index (χ3n) is 3.12. The van der Waals surface area contributed by atoms with Gasteiger partial charge >= 0.3 is 6.03 Å². The zero-order chi connectivity index (χ0) is 15.1. The summed E-state index contributed by atoms with van der Waals surface area (Å²) in [5.74, 6) is -0.249. The molecule has 0 radical (unpaired) electrons. The van der Waals surface area contributed by atoms with E-state index in [0.717, 1.165) is 5.69 Å². The summed E-state index contributed by atoms with van der Waals surface area (Å²) >= 11 is 0. The van der Waals surface area contributed by atoms with E-state index < -0.39 is 0 Å². The second-order valence-electron chi connectivity index (χ2n) is 4.72. The van der Waals surface area contributed by atoms with E-state index in [0.29, 0.717) is 18.5 Å². The lowest BCUT2D eigenvalue weighted by atomic mass is 10.1. The number of nitrogens with zero attached hydrogens (tertiary/aromatic N) is 1. The van der Waals surface area contributed by atoms with Crippen LogP contribution >= 0.6 is 0 Å². The number of halogens is 1. The highest BCUT2D eigenvalue weighted by Crippen LogP contribution is 2.08. The number of urea groups is 1. The minimum absolute atomic E-state index is 0.181. The maximum Gasteiger partial charge on any atom is 0.315 e. The number of benzene rings is 1. The van der Waals surface area contributed by atoms with E-state index in [4.69, 9.17) is 0 Å². The Morgan fingerprint density at radius 3 is 2.71 bits per heavy atom. The predicted octanol–water partition coefficient (Wildman–Crippen LogP) is 2.82. The minimum atomic E-state index is -0.288. The number of carbonyl (C=O) groups excluding carboxylic acids is 1. The lowest BCUT2D eigenvalue weighted by Crippen LogP contribution is -2.38. The SMILES string of the molecule is C[C@H](NC(=O)NCCc1ccccc1F)c1ccccn1. The van der Waals surface area contributed by atoms with Gasteiger partial charge in [0.05, 0.1) is 11.7 Å². The Morgan fingerprint density at radius 1 is 1.24 bits per heavy atom. The van der Waals surface area contributed by atoms with Crippen molar-refractivity contribution in [1.82, 2.24) is 15.6 Å². The summed E-state index contributed by atoms with van der Waals surface area (Å²) in [5.41, 5.74) is 1.39. The molecule has 1 aromatic heterocycles. The zero-order valence-electron chi connectivity index (χ0n) is 11.8. The molecule has 0 unspecified atom stereocenters. The van der Waals surface area contributed by atoms with Crippen LogP contribution in [0, 0.1) is 5.82 Å². The molecule has 110 valence electrons. The second-order valence-corrected chi connectivity index (χ2v) is 4.72. The molecule has 1 atom stereocenters. The Hall–Kier alpha value is -2.43. The van der Waals surface area contributed by atoms with Crippen LogP contribution in [0.4, 0.5) is 9.18 Å². The fourth-order valence-corrected chi connectivity index (χ4v) is 1.97. The Morgan fingerprint density at radius 2 is 2.00 bits per heavy atom. The van der Waals surface area contributed by atoms with Crippen molar-refractivity contribution in [2.45, 2.75) is 19.4 Å². The van der Waals surface area contributed by atoms with Crippen LogP contribution in [0.5, 0.6) is 0 Å². The smallest absolute Gasteiger partial charge is 0.315 e. The van der Waals surface area contributed by atoms with E-state index in [2.05, 4.69) is 15.6 Å². The predicted molar refractivity (Wildman–Crippen MR) is 79.3 cm³/mol. The average Bonchev–Trinajstić information content (AvgIpc) is 2.50. The van der Waals surface area contributed by atoms with E-state index in [1.807, 2.05) is 25.1 Å². The van der Waals surface area contributed by atoms with Gasteiger partial charge in [0.1, 0.15) is 5.82 Å². The first-order chi connectivity index (χ1) is 10.2. The monoisotopic (exact) mass is 287 g/mol. The van der Waals surface area contributed by atoms with E-state index in [-0.39, 0.29) is 17.9 Å². The molecule has 0 aliphatic carbocycles. The van der Waals surface area contributed by atoms with Gasteiger partial charge in [-0.15, -0.1) is 0 Å². The van der Waals surface area contributed by atoms with Gasteiger partial charge < -0.3 is 10.6 Å². The third kappa shape index (κ3) is 4.56. The van der Waals surface area contributed by atoms with Crippen LogP contribution in [-0.2, 0) is 6.42 Å². The molecule has 2 amide bonds. The van der Waals surface area contributed by atoms with Gasteiger partial charge in [-0.25, -0.2) is 9.18 Å². The highest BCUT2D eigenvalue weighted by molar-refractivity contribution is 5.74. The quantitative estimate of drug-likeness (QED) is 0.888. The molecule has 0 fully saturated rings.